The summed E-state index contributed by atoms with van der Waals surface area (Å²) in [5, 5.41) is 0. The van der Waals surface area contributed by atoms with E-state index in [0.29, 0.717) is 6.54 Å². The van der Waals surface area contributed by atoms with Crippen molar-refractivity contribution in [2.24, 2.45) is 0 Å². The van der Waals surface area contributed by atoms with E-state index in [2.05, 4.69) is 4.90 Å². The van der Waals surface area contributed by atoms with Crippen molar-refractivity contribution in [3.63, 3.8) is 0 Å². The Kier molecular flexibility index (Phi) is 5.35. The first-order valence-electron chi connectivity index (χ1n) is 7.00. The molecule has 1 heterocycles. The molecule has 110 valence electrons. The molecule has 0 radical (unpaired) electrons. The van der Waals surface area contributed by atoms with Crippen LogP contribution in [0, 0.1) is 5.82 Å². The highest BCUT2D eigenvalue weighted by Crippen LogP contribution is 2.15. The van der Waals surface area contributed by atoms with Crippen molar-refractivity contribution < 1.29 is 13.9 Å². The Balaban J connectivity index is 1.72. The number of para-hydroxylation sites is 1. The van der Waals surface area contributed by atoms with Crippen molar-refractivity contribution in [3.8, 4) is 5.75 Å². The van der Waals surface area contributed by atoms with Crippen LogP contribution in [0.3, 0.4) is 0 Å². The lowest BCUT2D eigenvalue weighted by molar-refractivity contribution is -0.132. The molecule has 1 aliphatic heterocycles. The number of carbonyl (C=O) groups excluding carboxylic acids is 1. The zero-order valence-electron chi connectivity index (χ0n) is 11.8. The third-order valence-electron chi connectivity index (χ3n) is 3.56. The minimum absolute atomic E-state index is 0.119. The molecule has 0 aromatic heterocycles. The standard InChI is InChI=1S/C15H21FN2O2/c1-17(10-11-18-8-4-5-9-18)15(19)12-20-14-7-3-2-6-13(14)16/h2-3,6-7H,4-5,8-12H2,1H3. The number of likely N-dealkylation sites (N-methyl/N-ethyl adjacent to an activating group) is 1. The Hall–Kier alpha value is -1.62. The second-order valence-electron chi connectivity index (χ2n) is 5.08. The van der Waals surface area contributed by atoms with Gasteiger partial charge >= 0.3 is 0 Å². The van der Waals surface area contributed by atoms with Gasteiger partial charge in [-0.25, -0.2) is 4.39 Å². The van der Waals surface area contributed by atoms with Crippen molar-refractivity contribution in [3.05, 3.63) is 30.1 Å². The first-order valence-corrected chi connectivity index (χ1v) is 7.00. The maximum Gasteiger partial charge on any atom is 0.260 e. The van der Waals surface area contributed by atoms with Gasteiger partial charge in [0, 0.05) is 20.1 Å². The SMILES string of the molecule is CN(CCN1CCCC1)C(=O)COc1ccccc1F. The summed E-state index contributed by atoms with van der Waals surface area (Å²) in [5.74, 6) is -0.457. The molecule has 1 aromatic rings. The lowest BCUT2D eigenvalue weighted by atomic mass is 10.3. The van der Waals surface area contributed by atoms with Crippen molar-refractivity contribution in [2.45, 2.75) is 12.8 Å². The number of amides is 1. The molecule has 20 heavy (non-hydrogen) atoms. The Morgan fingerprint density at radius 1 is 1.35 bits per heavy atom. The van der Waals surface area contributed by atoms with Crippen LogP contribution in [0.4, 0.5) is 4.39 Å². The van der Waals surface area contributed by atoms with E-state index in [4.69, 9.17) is 4.74 Å². The van der Waals surface area contributed by atoms with Crippen LogP contribution in [0.5, 0.6) is 5.75 Å². The van der Waals surface area contributed by atoms with Crippen LogP contribution in [-0.4, -0.2) is 55.5 Å². The molecule has 0 N–H and O–H groups in total. The highest BCUT2D eigenvalue weighted by molar-refractivity contribution is 5.77. The molecule has 0 bridgehead atoms. The molecule has 0 saturated carbocycles. The highest BCUT2D eigenvalue weighted by atomic mass is 19.1. The molecule has 0 spiro atoms. The molecule has 1 amide bonds. The zero-order chi connectivity index (χ0) is 14.4. The maximum absolute atomic E-state index is 13.3. The Labute approximate surface area is 119 Å². The van der Waals surface area contributed by atoms with Crippen LogP contribution in [0.15, 0.2) is 24.3 Å². The molecule has 0 unspecified atom stereocenters. The van der Waals surface area contributed by atoms with E-state index >= 15 is 0 Å². The molecule has 1 saturated heterocycles. The molecule has 1 aromatic carbocycles. The van der Waals surface area contributed by atoms with Gasteiger partial charge in [-0.3, -0.25) is 4.79 Å². The summed E-state index contributed by atoms with van der Waals surface area (Å²) in [6.07, 6.45) is 2.49. The average Bonchev–Trinajstić information content (AvgIpc) is 2.97. The first-order chi connectivity index (χ1) is 9.66. The smallest absolute Gasteiger partial charge is 0.260 e. The number of nitrogens with zero attached hydrogens (tertiary/aromatic N) is 2. The molecular formula is C15H21FN2O2. The second-order valence-corrected chi connectivity index (χ2v) is 5.08. The number of hydrogen-bond acceptors (Lipinski definition) is 3. The van der Waals surface area contributed by atoms with Gasteiger partial charge in [0.05, 0.1) is 0 Å². The van der Waals surface area contributed by atoms with Gasteiger partial charge in [-0.15, -0.1) is 0 Å². The normalized spacial score (nSPS) is 15.3. The minimum atomic E-state index is -0.444. The molecule has 5 heteroatoms. The van der Waals surface area contributed by atoms with Crippen LogP contribution < -0.4 is 4.74 Å². The van der Waals surface area contributed by atoms with Crippen molar-refractivity contribution in [1.82, 2.24) is 9.80 Å². The van der Waals surface area contributed by atoms with Gasteiger partial charge in [-0.1, -0.05) is 12.1 Å². The van der Waals surface area contributed by atoms with Crippen LogP contribution >= 0.6 is 0 Å². The molecule has 2 rings (SSSR count). The predicted molar refractivity (Wildman–Crippen MR) is 75.2 cm³/mol. The largest absolute Gasteiger partial charge is 0.481 e. The van der Waals surface area contributed by atoms with Crippen molar-refractivity contribution in [2.75, 3.05) is 39.8 Å². The zero-order valence-corrected chi connectivity index (χ0v) is 11.8. The number of benzene rings is 1. The van der Waals surface area contributed by atoms with Crippen LogP contribution in [0.1, 0.15) is 12.8 Å². The number of halogens is 1. The Morgan fingerprint density at radius 2 is 2.05 bits per heavy atom. The Morgan fingerprint density at radius 3 is 2.75 bits per heavy atom. The molecule has 1 fully saturated rings. The lowest BCUT2D eigenvalue weighted by Gasteiger charge is -2.21. The van der Waals surface area contributed by atoms with Gasteiger partial charge < -0.3 is 14.5 Å². The average molecular weight is 280 g/mol. The summed E-state index contributed by atoms with van der Waals surface area (Å²) in [7, 11) is 1.75. The number of ether oxygens (including phenoxy) is 1. The van der Waals surface area contributed by atoms with Crippen molar-refractivity contribution >= 4 is 5.91 Å². The quantitative estimate of drug-likeness (QED) is 0.796. The van der Waals surface area contributed by atoms with Crippen LogP contribution in [-0.2, 0) is 4.79 Å². The fourth-order valence-electron chi connectivity index (χ4n) is 2.23. The third-order valence-corrected chi connectivity index (χ3v) is 3.56. The summed E-state index contributed by atoms with van der Waals surface area (Å²) in [5.41, 5.74) is 0. The number of rotatable bonds is 6. The van der Waals surface area contributed by atoms with Gasteiger partial charge in [0.15, 0.2) is 18.2 Å². The number of likely N-dealkylation sites (tertiary alicyclic amines) is 1. The highest BCUT2D eigenvalue weighted by Gasteiger charge is 2.15. The van der Waals surface area contributed by atoms with Crippen LogP contribution in [0.2, 0.25) is 0 Å². The minimum Gasteiger partial charge on any atom is -0.481 e. The van der Waals surface area contributed by atoms with E-state index in [1.165, 1.54) is 25.0 Å². The maximum atomic E-state index is 13.3. The van der Waals surface area contributed by atoms with Gasteiger partial charge in [0.25, 0.3) is 5.91 Å². The monoisotopic (exact) mass is 280 g/mol. The third kappa shape index (κ3) is 4.20. The topological polar surface area (TPSA) is 32.8 Å². The summed E-state index contributed by atoms with van der Waals surface area (Å²) in [4.78, 5) is 15.9. The number of carbonyl (C=O) groups is 1. The molecule has 0 atom stereocenters. The molecule has 4 nitrogen and oxygen atoms in total. The summed E-state index contributed by atoms with van der Waals surface area (Å²) in [6, 6.07) is 6.11. The van der Waals surface area contributed by atoms with E-state index in [-0.39, 0.29) is 18.3 Å². The predicted octanol–water partition coefficient (Wildman–Crippen LogP) is 1.76. The fourth-order valence-corrected chi connectivity index (χ4v) is 2.23. The van der Waals surface area contributed by atoms with E-state index in [1.54, 1.807) is 24.1 Å². The summed E-state index contributed by atoms with van der Waals surface area (Å²) in [6.45, 7) is 3.68. The van der Waals surface area contributed by atoms with Gasteiger partial charge in [0.2, 0.25) is 0 Å². The van der Waals surface area contributed by atoms with Crippen molar-refractivity contribution in [1.29, 1.82) is 0 Å². The first kappa shape index (κ1) is 14.8. The van der Waals surface area contributed by atoms with Gasteiger partial charge in [-0.05, 0) is 38.1 Å². The van der Waals surface area contributed by atoms with E-state index < -0.39 is 5.82 Å². The molecule has 0 aliphatic carbocycles. The fraction of sp³-hybridized carbons (Fsp3) is 0.533. The van der Waals surface area contributed by atoms with E-state index in [0.717, 1.165) is 19.6 Å². The number of hydrogen-bond donors (Lipinski definition) is 0. The lowest BCUT2D eigenvalue weighted by Crippen LogP contribution is -2.37. The van der Waals surface area contributed by atoms with Crippen LogP contribution in [0.25, 0.3) is 0 Å². The van der Waals surface area contributed by atoms with E-state index in [9.17, 15) is 9.18 Å². The Bertz CT molecular complexity index is 447. The summed E-state index contributed by atoms with van der Waals surface area (Å²) < 4.78 is 18.5. The molecule has 1 aliphatic rings. The molecular weight excluding hydrogens is 259 g/mol. The van der Waals surface area contributed by atoms with Gasteiger partial charge in [-0.2, -0.15) is 0 Å². The van der Waals surface area contributed by atoms with Gasteiger partial charge in [0.1, 0.15) is 0 Å². The summed E-state index contributed by atoms with van der Waals surface area (Å²) >= 11 is 0. The van der Waals surface area contributed by atoms with E-state index in [1.807, 2.05) is 0 Å². The second kappa shape index (κ2) is 7.24.